The summed E-state index contributed by atoms with van der Waals surface area (Å²) in [6.07, 6.45) is 0. The lowest BCUT2D eigenvalue weighted by molar-refractivity contribution is -0.120. The summed E-state index contributed by atoms with van der Waals surface area (Å²) in [5, 5.41) is 5.75. The first-order chi connectivity index (χ1) is 7.56. The molecule has 0 heterocycles. The second-order valence-corrected chi connectivity index (χ2v) is 4.56. The topological polar surface area (TPSA) is 41.1 Å². The van der Waals surface area contributed by atoms with E-state index < -0.39 is 0 Å². The molecule has 0 aromatic heterocycles. The summed E-state index contributed by atoms with van der Waals surface area (Å²) in [5.74, 6) is 0.0338. The van der Waals surface area contributed by atoms with E-state index in [0.717, 1.165) is 0 Å². The van der Waals surface area contributed by atoms with Crippen molar-refractivity contribution >= 4 is 18.3 Å². The van der Waals surface area contributed by atoms with Crippen LogP contribution >= 0.6 is 12.4 Å². The average molecular weight is 257 g/mol. The van der Waals surface area contributed by atoms with Crippen LogP contribution in [0, 0.1) is 0 Å². The molecule has 0 atom stereocenters. The summed E-state index contributed by atoms with van der Waals surface area (Å²) in [5.41, 5.74) is 1.20. The molecule has 0 aliphatic rings. The summed E-state index contributed by atoms with van der Waals surface area (Å²) in [6, 6.07) is 10.2. The highest BCUT2D eigenvalue weighted by atomic mass is 35.5. The Morgan fingerprint density at radius 3 is 2.35 bits per heavy atom. The molecule has 0 fully saturated rings. The molecule has 0 aliphatic heterocycles. The molecule has 0 bridgehead atoms. The Morgan fingerprint density at radius 2 is 1.82 bits per heavy atom. The van der Waals surface area contributed by atoms with Crippen molar-refractivity contribution in [2.24, 2.45) is 0 Å². The van der Waals surface area contributed by atoms with E-state index in [1.807, 2.05) is 18.2 Å². The first-order valence-electron chi connectivity index (χ1n) is 5.53. The van der Waals surface area contributed by atoms with Gasteiger partial charge >= 0.3 is 0 Å². The molecular formula is C13H21ClN2O. The molecule has 1 aromatic carbocycles. The number of carbonyl (C=O) groups excluding carboxylic acids is 1. The standard InChI is InChI=1S/C13H20N2O.ClH/c1-13(2,10-15-12(16)9-14-3)11-7-5-4-6-8-11;/h4-8,14H,9-10H2,1-3H3,(H,15,16);1H. The van der Waals surface area contributed by atoms with E-state index in [4.69, 9.17) is 0 Å². The molecule has 17 heavy (non-hydrogen) atoms. The third-order valence-corrected chi connectivity index (χ3v) is 2.62. The van der Waals surface area contributed by atoms with Crippen LogP contribution in [0.3, 0.4) is 0 Å². The third-order valence-electron chi connectivity index (χ3n) is 2.62. The molecule has 0 aliphatic carbocycles. The lowest BCUT2D eigenvalue weighted by Gasteiger charge is -2.25. The van der Waals surface area contributed by atoms with E-state index in [1.165, 1.54) is 5.56 Å². The Kier molecular flexibility index (Phi) is 6.85. The molecule has 1 amide bonds. The Bertz CT molecular complexity index is 339. The first kappa shape index (κ1) is 15.9. The highest BCUT2D eigenvalue weighted by molar-refractivity contribution is 5.85. The molecule has 0 radical (unpaired) electrons. The number of nitrogens with one attached hydrogen (secondary N) is 2. The summed E-state index contributed by atoms with van der Waals surface area (Å²) in [6.45, 7) is 5.27. The molecule has 4 heteroatoms. The fourth-order valence-corrected chi connectivity index (χ4v) is 1.53. The zero-order valence-corrected chi connectivity index (χ0v) is 11.4. The second kappa shape index (κ2) is 7.30. The zero-order valence-electron chi connectivity index (χ0n) is 10.6. The van der Waals surface area contributed by atoms with E-state index in [9.17, 15) is 4.79 Å². The van der Waals surface area contributed by atoms with Gasteiger partial charge in [0.05, 0.1) is 6.54 Å². The van der Waals surface area contributed by atoms with Crippen LogP contribution in [0.1, 0.15) is 19.4 Å². The highest BCUT2D eigenvalue weighted by Gasteiger charge is 2.20. The van der Waals surface area contributed by atoms with Crippen LogP contribution in [0.25, 0.3) is 0 Å². The van der Waals surface area contributed by atoms with Gasteiger partial charge in [0.15, 0.2) is 0 Å². The maximum Gasteiger partial charge on any atom is 0.233 e. The predicted octanol–water partition coefficient (Wildman–Crippen LogP) is 1.72. The molecule has 96 valence electrons. The minimum atomic E-state index is -0.0370. The fraction of sp³-hybridized carbons (Fsp3) is 0.462. The average Bonchev–Trinajstić information content (AvgIpc) is 2.28. The van der Waals surface area contributed by atoms with Crippen molar-refractivity contribution in [1.82, 2.24) is 10.6 Å². The molecule has 0 saturated heterocycles. The molecule has 0 saturated carbocycles. The molecule has 3 nitrogen and oxygen atoms in total. The van der Waals surface area contributed by atoms with Gasteiger partial charge in [-0.3, -0.25) is 4.79 Å². The van der Waals surface area contributed by atoms with Crippen molar-refractivity contribution in [3.8, 4) is 0 Å². The van der Waals surface area contributed by atoms with Crippen LogP contribution in [0.5, 0.6) is 0 Å². The summed E-state index contributed by atoms with van der Waals surface area (Å²) < 4.78 is 0. The van der Waals surface area contributed by atoms with Crippen molar-refractivity contribution in [3.05, 3.63) is 35.9 Å². The third kappa shape index (κ3) is 5.20. The smallest absolute Gasteiger partial charge is 0.233 e. The number of hydrogen-bond acceptors (Lipinski definition) is 2. The van der Waals surface area contributed by atoms with E-state index in [-0.39, 0.29) is 23.7 Å². The number of rotatable bonds is 5. The molecule has 2 N–H and O–H groups in total. The van der Waals surface area contributed by atoms with E-state index >= 15 is 0 Å². The fourth-order valence-electron chi connectivity index (χ4n) is 1.53. The summed E-state index contributed by atoms with van der Waals surface area (Å²) >= 11 is 0. The normalized spacial score (nSPS) is 10.5. The number of halogens is 1. The van der Waals surface area contributed by atoms with E-state index in [1.54, 1.807) is 7.05 Å². The minimum Gasteiger partial charge on any atom is -0.354 e. The van der Waals surface area contributed by atoms with Gasteiger partial charge in [-0.1, -0.05) is 44.2 Å². The van der Waals surface area contributed by atoms with E-state index in [0.29, 0.717) is 13.1 Å². The van der Waals surface area contributed by atoms with Crippen molar-refractivity contribution < 1.29 is 4.79 Å². The minimum absolute atomic E-state index is 0. The Morgan fingerprint density at radius 1 is 1.24 bits per heavy atom. The molecular weight excluding hydrogens is 236 g/mol. The maximum atomic E-state index is 11.3. The molecule has 1 aromatic rings. The second-order valence-electron chi connectivity index (χ2n) is 4.56. The summed E-state index contributed by atoms with van der Waals surface area (Å²) in [4.78, 5) is 11.3. The summed E-state index contributed by atoms with van der Waals surface area (Å²) in [7, 11) is 1.77. The Labute approximate surface area is 109 Å². The lowest BCUT2D eigenvalue weighted by atomic mass is 9.84. The zero-order chi connectivity index (χ0) is 12.0. The van der Waals surface area contributed by atoms with Crippen LogP contribution in [0.4, 0.5) is 0 Å². The van der Waals surface area contributed by atoms with Crippen LogP contribution in [0.2, 0.25) is 0 Å². The predicted molar refractivity (Wildman–Crippen MR) is 73.7 cm³/mol. The first-order valence-corrected chi connectivity index (χ1v) is 5.53. The Hall–Kier alpha value is -1.06. The maximum absolute atomic E-state index is 11.3. The molecule has 0 spiro atoms. The number of benzene rings is 1. The number of carbonyl (C=O) groups is 1. The van der Waals surface area contributed by atoms with Crippen LogP contribution in [-0.2, 0) is 10.2 Å². The molecule has 0 unspecified atom stereocenters. The van der Waals surface area contributed by atoms with Crippen LogP contribution in [-0.4, -0.2) is 26.0 Å². The van der Waals surface area contributed by atoms with Crippen LogP contribution < -0.4 is 10.6 Å². The van der Waals surface area contributed by atoms with Crippen molar-refractivity contribution in [1.29, 1.82) is 0 Å². The van der Waals surface area contributed by atoms with Gasteiger partial charge in [-0.25, -0.2) is 0 Å². The number of amides is 1. The van der Waals surface area contributed by atoms with Gasteiger partial charge in [0.1, 0.15) is 0 Å². The number of likely N-dealkylation sites (N-methyl/N-ethyl adjacent to an activating group) is 1. The van der Waals surface area contributed by atoms with Crippen molar-refractivity contribution in [2.75, 3.05) is 20.1 Å². The monoisotopic (exact) mass is 256 g/mol. The highest BCUT2D eigenvalue weighted by Crippen LogP contribution is 2.21. The van der Waals surface area contributed by atoms with Gasteiger partial charge in [-0.05, 0) is 12.6 Å². The van der Waals surface area contributed by atoms with Crippen molar-refractivity contribution in [3.63, 3.8) is 0 Å². The lowest BCUT2D eigenvalue weighted by Crippen LogP contribution is -2.40. The largest absolute Gasteiger partial charge is 0.354 e. The van der Waals surface area contributed by atoms with E-state index in [2.05, 4.69) is 36.6 Å². The van der Waals surface area contributed by atoms with Gasteiger partial charge in [0.2, 0.25) is 5.91 Å². The SMILES string of the molecule is CNCC(=O)NCC(C)(C)c1ccccc1.Cl. The number of hydrogen-bond donors (Lipinski definition) is 2. The van der Waals surface area contributed by atoms with Crippen molar-refractivity contribution in [2.45, 2.75) is 19.3 Å². The van der Waals surface area contributed by atoms with Crippen LogP contribution in [0.15, 0.2) is 30.3 Å². The van der Waals surface area contributed by atoms with Gasteiger partial charge in [-0.15, -0.1) is 12.4 Å². The quantitative estimate of drug-likeness (QED) is 0.842. The van der Waals surface area contributed by atoms with Gasteiger partial charge in [-0.2, -0.15) is 0 Å². The van der Waals surface area contributed by atoms with Gasteiger partial charge in [0, 0.05) is 12.0 Å². The van der Waals surface area contributed by atoms with Gasteiger partial charge < -0.3 is 10.6 Å². The Balaban J connectivity index is 0.00000256. The van der Waals surface area contributed by atoms with Gasteiger partial charge in [0.25, 0.3) is 0 Å². The molecule has 1 rings (SSSR count).